The maximum Gasteiger partial charge on any atom is 0.472 e. The van der Waals surface area contributed by atoms with Crippen LogP contribution < -0.4 is 0 Å². The Morgan fingerprint density at radius 1 is 0.330 bits per heavy atom. The van der Waals surface area contributed by atoms with E-state index in [1.165, 1.54) is 193 Å². The lowest BCUT2D eigenvalue weighted by Gasteiger charge is -2.21. The molecule has 0 bridgehead atoms. The van der Waals surface area contributed by atoms with Gasteiger partial charge in [0, 0.05) is 25.7 Å². The van der Waals surface area contributed by atoms with Crippen LogP contribution in [0, 0.1) is 11.8 Å². The van der Waals surface area contributed by atoms with Crippen LogP contribution in [0.4, 0.5) is 0 Å². The van der Waals surface area contributed by atoms with Crippen molar-refractivity contribution < 1.29 is 80.2 Å². The van der Waals surface area contributed by atoms with Gasteiger partial charge in [-0.2, -0.15) is 0 Å². The van der Waals surface area contributed by atoms with Gasteiger partial charge in [0.05, 0.1) is 26.4 Å². The van der Waals surface area contributed by atoms with E-state index in [1.807, 2.05) is 0 Å². The first-order valence-corrected chi connectivity index (χ1v) is 44.3. The van der Waals surface area contributed by atoms with Crippen LogP contribution in [0.3, 0.4) is 0 Å². The molecular weight excluding hydrogens is 1310 g/mol. The van der Waals surface area contributed by atoms with Crippen molar-refractivity contribution in [3.05, 3.63) is 24.3 Å². The van der Waals surface area contributed by atoms with Gasteiger partial charge < -0.3 is 33.8 Å². The predicted octanol–water partition coefficient (Wildman–Crippen LogP) is 23.8. The molecule has 6 atom stereocenters. The molecule has 3 N–H and O–H groups in total. The molecule has 0 spiro atoms. The molecule has 0 fully saturated rings. The lowest BCUT2D eigenvalue weighted by Crippen LogP contribution is -2.30. The predicted molar refractivity (Wildman–Crippen MR) is 409 cm³/mol. The number of hydrogen-bond donors (Lipinski definition) is 3. The van der Waals surface area contributed by atoms with Crippen LogP contribution in [0.15, 0.2) is 24.3 Å². The average molecular weight is 1460 g/mol. The molecule has 0 heterocycles. The number of carbonyl (C=O) groups is 4. The largest absolute Gasteiger partial charge is 0.472 e. The molecule has 0 aliphatic heterocycles. The van der Waals surface area contributed by atoms with Crippen molar-refractivity contribution in [1.29, 1.82) is 0 Å². The summed E-state index contributed by atoms with van der Waals surface area (Å²) in [5, 5.41) is 10.6. The Hall–Kier alpha value is -2.46. The van der Waals surface area contributed by atoms with Crippen LogP contribution in [0.2, 0.25) is 0 Å². The Bertz CT molecular complexity index is 2020. The molecule has 3 unspecified atom stereocenters. The second-order valence-electron chi connectivity index (χ2n) is 29.2. The highest BCUT2D eigenvalue weighted by atomic mass is 31.2. The van der Waals surface area contributed by atoms with Gasteiger partial charge in [-0.15, -0.1) is 0 Å². The maximum atomic E-state index is 13.1. The summed E-state index contributed by atoms with van der Waals surface area (Å²) < 4.78 is 68.5. The fourth-order valence-corrected chi connectivity index (χ4v) is 13.5. The number of aliphatic hydroxyl groups excluding tert-OH is 1. The summed E-state index contributed by atoms with van der Waals surface area (Å²) in [6.07, 6.45) is 64.8. The Morgan fingerprint density at radius 2 is 0.590 bits per heavy atom. The molecule has 0 aliphatic carbocycles. The van der Waals surface area contributed by atoms with E-state index in [0.29, 0.717) is 25.7 Å². The molecule has 0 saturated heterocycles. The summed E-state index contributed by atoms with van der Waals surface area (Å²) in [7, 11) is -9.93. The van der Waals surface area contributed by atoms with E-state index < -0.39 is 97.5 Å². The van der Waals surface area contributed by atoms with Gasteiger partial charge in [0.25, 0.3) is 0 Å². The van der Waals surface area contributed by atoms with Gasteiger partial charge in [-0.1, -0.05) is 348 Å². The van der Waals surface area contributed by atoms with E-state index in [2.05, 4.69) is 65.8 Å². The van der Waals surface area contributed by atoms with Crippen molar-refractivity contribution in [2.45, 2.75) is 419 Å². The van der Waals surface area contributed by atoms with Crippen LogP contribution in [0.5, 0.6) is 0 Å². The van der Waals surface area contributed by atoms with Crippen molar-refractivity contribution in [3.63, 3.8) is 0 Å². The van der Waals surface area contributed by atoms with E-state index in [4.69, 9.17) is 37.0 Å². The van der Waals surface area contributed by atoms with Crippen molar-refractivity contribution in [2.75, 3.05) is 39.6 Å². The van der Waals surface area contributed by atoms with Gasteiger partial charge in [0.1, 0.15) is 19.3 Å². The van der Waals surface area contributed by atoms with E-state index in [1.54, 1.807) is 0 Å². The lowest BCUT2D eigenvalue weighted by atomic mass is 9.99. The molecule has 0 saturated carbocycles. The number of rotatable bonds is 78. The number of ether oxygens (including phenoxy) is 4. The van der Waals surface area contributed by atoms with E-state index in [-0.39, 0.29) is 25.7 Å². The Morgan fingerprint density at radius 3 is 0.900 bits per heavy atom. The number of carbonyl (C=O) groups excluding carboxylic acids is 4. The summed E-state index contributed by atoms with van der Waals surface area (Å²) in [5.41, 5.74) is 0. The SMILES string of the molecule is CCCCCC/C=C\C=C/CCCCCCCC(=O)O[C@H](COC(=O)CCCCCCCCC)COP(=O)(O)OC[C@H](O)COP(=O)(O)OC[C@@H](COC(=O)CCCCCCCCCCCCCCCC(C)C)OC(=O)CCCCCCCCCCCCCCCCCCCCC(C)CC. The highest BCUT2D eigenvalue weighted by Crippen LogP contribution is 2.45. The minimum Gasteiger partial charge on any atom is -0.462 e. The van der Waals surface area contributed by atoms with Crippen molar-refractivity contribution in [3.8, 4) is 0 Å². The van der Waals surface area contributed by atoms with Gasteiger partial charge in [-0.25, -0.2) is 9.13 Å². The Labute approximate surface area is 612 Å². The minimum atomic E-state index is -4.96. The number of esters is 4. The van der Waals surface area contributed by atoms with E-state index in [9.17, 15) is 43.2 Å². The molecule has 0 radical (unpaired) electrons. The third kappa shape index (κ3) is 72.5. The quantitative estimate of drug-likeness (QED) is 0.0169. The van der Waals surface area contributed by atoms with Crippen LogP contribution in [0.25, 0.3) is 0 Å². The fourth-order valence-electron chi connectivity index (χ4n) is 12.0. The monoisotopic (exact) mass is 1460 g/mol. The number of unbranched alkanes of at least 4 members (excludes halogenated alkanes) is 44. The first-order valence-electron chi connectivity index (χ1n) is 41.3. The van der Waals surface area contributed by atoms with Crippen LogP contribution in [-0.2, 0) is 65.4 Å². The number of phosphoric ester groups is 2. The molecular formula is C81H154O17P2. The molecule has 0 rings (SSSR count). The van der Waals surface area contributed by atoms with Gasteiger partial charge in [-0.05, 0) is 63.2 Å². The van der Waals surface area contributed by atoms with Crippen molar-refractivity contribution in [2.24, 2.45) is 11.8 Å². The van der Waals surface area contributed by atoms with E-state index >= 15 is 0 Å². The summed E-state index contributed by atoms with van der Waals surface area (Å²) in [6, 6.07) is 0. The molecule has 100 heavy (non-hydrogen) atoms. The molecule has 0 aromatic carbocycles. The molecule has 17 nitrogen and oxygen atoms in total. The number of aliphatic hydroxyl groups is 1. The number of hydrogen-bond acceptors (Lipinski definition) is 15. The standard InChI is InChI=1S/C81H154O17P2/c1-7-10-12-14-16-17-18-19-24-30-36-41-47-53-59-65-80(85)97-76(69-91-78(83)63-57-51-43-15-13-11-8-2)71-95-99(87,88)93-67-75(82)68-94-100(89,90)96-72-77(70-92-79(84)64-58-52-46-40-35-32-27-28-33-38-44-49-55-61-73(4)5)98-81(86)66-60-54-48-42-37-31-26-23-21-20-22-25-29-34-39-45-50-56-62-74(6)9-3/h17-19,24,73-77,82H,7-16,20-23,25-72H2,1-6H3,(H,87,88)(H,89,90)/b18-17-,24-19-/t74?,75-,76+,77+/m0/s1. The third-order valence-electron chi connectivity index (χ3n) is 18.7. The van der Waals surface area contributed by atoms with Crippen LogP contribution in [-0.4, -0.2) is 96.7 Å². The summed E-state index contributed by atoms with van der Waals surface area (Å²) in [5.74, 6) is -0.485. The Kier molecular flexibility index (Phi) is 70.3. The molecule has 590 valence electrons. The molecule has 0 amide bonds. The lowest BCUT2D eigenvalue weighted by molar-refractivity contribution is -0.161. The van der Waals surface area contributed by atoms with Crippen LogP contribution >= 0.6 is 15.6 Å². The minimum absolute atomic E-state index is 0.0848. The van der Waals surface area contributed by atoms with Gasteiger partial charge in [0.2, 0.25) is 0 Å². The zero-order valence-electron chi connectivity index (χ0n) is 65.0. The first kappa shape index (κ1) is 97.5. The second-order valence-corrected chi connectivity index (χ2v) is 32.1. The zero-order valence-corrected chi connectivity index (χ0v) is 66.8. The van der Waals surface area contributed by atoms with Crippen molar-refractivity contribution >= 4 is 39.5 Å². The summed E-state index contributed by atoms with van der Waals surface area (Å²) in [6.45, 7) is 9.60. The fraction of sp³-hybridized carbons (Fsp3) is 0.901. The topological polar surface area (TPSA) is 237 Å². The molecule has 0 aliphatic rings. The smallest absolute Gasteiger partial charge is 0.462 e. The van der Waals surface area contributed by atoms with Gasteiger partial charge >= 0.3 is 39.5 Å². The summed E-state index contributed by atoms with van der Waals surface area (Å²) >= 11 is 0. The van der Waals surface area contributed by atoms with Crippen LogP contribution in [0.1, 0.15) is 401 Å². The second kappa shape index (κ2) is 72.1. The first-order chi connectivity index (χ1) is 48.4. The molecule has 19 heteroatoms. The van der Waals surface area contributed by atoms with Gasteiger partial charge in [0.15, 0.2) is 12.2 Å². The highest BCUT2D eigenvalue weighted by molar-refractivity contribution is 7.47. The zero-order chi connectivity index (χ0) is 73.5. The average Bonchev–Trinajstić information content (AvgIpc) is 0.938. The number of phosphoric acid groups is 2. The highest BCUT2D eigenvalue weighted by Gasteiger charge is 2.30. The Balaban J connectivity index is 5.20. The maximum absolute atomic E-state index is 13.1. The number of allylic oxidation sites excluding steroid dienone is 4. The normalized spacial score (nSPS) is 14.3. The van der Waals surface area contributed by atoms with Crippen molar-refractivity contribution in [1.82, 2.24) is 0 Å². The van der Waals surface area contributed by atoms with Gasteiger partial charge in [-0.3, -0.25) is 37.3 Å². The van der Waals surface area contributed by atoms with E-state index in [0.717, 1.165) is 127 Å². The molecule has 0 aromatic heterocycles. The summed E-state index contributed by atoms with van der Waals surface area (Å²) in [4.78, 5) is 72.8. The molecule has 0 aromatic rings. The third-order valence-corrected chi connectivity index (χ3v) is 20.6.